The van der Waals surface area contributed by atoms with Crippen LogP contribution in [0.1, 0.15) is 34.8 Å². The summed E-state index contributed by atoms with van der Waals surface area (Å²) in [5, 5.41) is 5.14. The molecule has 17 heavy (non-hydrogen) atoms. The van der Waals surface area contributed by atoms with E-state index in [0.29, 0.717) is 31.6 Å². The van der Waals surface area contributed by atoms with Crippen molar-refractivity contribution in [1.29, 1.82) is 0 Å². The van der Waals surface area contributed by atoms with Crippen LogP contribution in [0, 0.1) is 0 Å². The van der Waals surface area contributed by atoms with E-state index in [9.17, 15) is 9.59 Å². The van der Waals surface area contributed by atoms with Gasteiger partial charge in [-0.15, -0.1) is 11.3 Å². The molecule has 1 aromatic rings. The number of carbonyl (C=O) groups is 2. The van der Waals surface area contributed by atoms with Crippen molar-refractivity contribution in [2.45, 2.75) is 25.8 Å². The summed E-state index contributed by atoms with van der Waals surface area (Å²) in [6, 6.07) is 0. The van der Waals surface area contributed by atoms with Gasteiger partial charge in [0.05, 0.1) is 0 Å². The average Bonchev–Trinajstić information content (AvgIpc) is 2.76. The smallest absolute Gasteiger partial charge is 0.270 e. The summed E-state index contributed by atoms with van der Waals surface area (Å²) in [5.74, 6) is -0.525. The number of hydrogen-bond acceptors (Lipinski definition) is 5. The number of nitrogens with zero attached hydrogens (tertiary/aromatic N) is 1. The topological polar surface area (TPSA) is 111 Å². The zero-order valence-corrected chi connectivity index (χ0v) is 10.3. The molecule has 0 atom stereocenters. The number of unbranched alkanes of at least 4 members (excludes halogenated alkanes) is 1. The third-order valence-corrected chi connectivity index (χ3v) is 2.97. The predicted octanol–water partition coefficient (Wildman–Crippen LogP) is -0.0128. The van der Waals surface area contributed by atoms with Crippen molar-refractivity contribution in [2.24, 2.45) is 11.5 Å². The Labute approximate surface area is 103 Å². The summed E-state index contributed by atoms with van der Waals surface area (Å²) >= 11 is 1.37. The molecule has 0 saturated carbocycles. The maximum Gasteiger partial charge on any atom is 0.270 e. The fourth-order valence-electron chi connectivity index (χ4n) is 1.23. The Hall–Kier alpha value is -1.47. The number of carbonyl (C=O) groups excluding carboxylic acids is 2. The second kappa shape index (κ2) is 6.97. The summed E-state index contributed by atoms with van der Waals surface area (Å²) in [4.78, 5) is 26.1. The first-order chi connectivity index (χ1) is 8.13. The van der Waals surface area contributed by atoms with Gasteiger partial charge in [0, 0.05) is 24.9 Å². The minimum absolute atomic E-state index is 0.208. The Morgan fingerprint density at radius 2 is 2.18 bits per heavy atom. The number of nitrogens with two attached hydrogens (primary N) is 2. The van der Waals surface area contributed by atoms with Crippen LogP contribution in [0.5, 0.6) is 0 Å². The van der Waals surface area contributed by atoms with E-state index in [1.54, 1.807) is 5.38 Å². The quantitative estimate of drug-likeness (QED) is 0.595. The molecule has 0 aliphatic rings. The Morgan fingerprint density at radius 3 is 2.76 bits per heavy atom. The number of primary amides is 1. The van der Waals surface area contributed by atoms with Gasteiger partial charge in [-0.2, -0.15) is 0 Å². The van der Waals surface area contributed by atoms with E-state index >= 15 is 0 Å². The molecule has 5 N–H and O–H groups in total. The highest BCUT2D eigenvalue weighted by Gasteiger charge is 2.09. The van der Waals surface area contributed by atoms with Crippen LogP contribution in [-0.4, -0.2) is 23.3 Å². The lowest BCUT2D eigenvalue weighted by atomic mass is 10.2. The van der Waals surface area contributed by atoms with E-state index in [4.69, 9.17) is 11.5 Å². The van der Waals surface area contributed by atoms with Crippen LogP contribution in [0.4, 0.5) is 0 Å². The Balaban J connectivity index is 2.23. The normalized spacial score (nSPS) is 10.2. The van der Waals surface area contributed by atoms with E-state index in [1.807, 2.05) is 0 Å². The van der Waals surface area contributed by atoms with Crippen molar-refractivity contribution in [1.82, 2.24) is 10.3 Å². The van der Waals surface area contributed by atoms with E-state index in [2.05, 4.69) is 10.3 Å². The molecular formula is C10H16N4O2S. The van der Waals surface area contributed by atoms with Gasteiger partial charge < -0.3 is 16.8 Å². The van der Waals surface area contributed by atoms with Crippen LogP contribution in [0.3, 0.4) is 0 Å². The van der Waals surface area contributed by atoms with Crippen molar-refractivity contribution in [3.05, 3.63) is 16.1 Å². The molecule has 0 unspecified atom stereocenters. The molecule has 0 fully saturated rings. The minimum Gasteiger partial charge on any atom is -0.370 e. The lowest BCUT2D eigenvalue weighted by Crippen LogP contribution is -2.25. The number of thiazole rings is 1. The number of rotatable bonds is 7. The first kappa shape index (κ1) is 13.6. The zero-order chi connectivity index (χ0) is 12.7. The monoisotopic (exact) mass is 256 g/mol. The van der Waals surface area contributed by atoms with Gasteiger partial charge in [-0.1, -0.05) is 0 Å². The second-order valence-corrected chi connectivity index (χ2v) is 4.45. The molecule has 1 rings (SSSR count). The van der Waals surface area contributed by atoms with Crippen molar-refractivity contribution in [3.8, 4) is 0 Å². The van der Waals surface area contributed by atoms with Gasteiger partial charge in [-0.05, 0) is 12.8 Å². The van der Waals surface area contributed by atoms with Crippen molar-refractivity contribution >= 4 is 23.2 Å². The SMILES string of the molecule is NCc1nc(C(=O)NCCCCC(N)=O)cs1. The van der Waals surface area contributed by atoms with Crippen molar-refractivity contribution in [2.75, 3.05) is 6.54 Å². The van der Waals surface area contributed by atoms with Gasteiger partial charge >= 0.3 is 0 Å². The molecule has 0 aliphatic carbocycles. The summed E-state index contributed by atoms with van der Waals surface area (Å²) in [7, 11) is 0. The molecule has 0 aromatic carbocycles. The molecule has 7 heteroatoms. The standard InChI is InChI=1S/C10H16N4O2S/c11-5-9-14-7(6-17-9)10(16)13-4-2-1-3-8(12)15/h6H,1-5,11H2,(H2,12,15)(H,13,16). The third kappa shape index (κ3) is 4.92. The Bertz CT molecular complexity index is 391. The molecule has 0 radical (unpaired) electrons. The van der Waals surface area contributed by atoms with Crippen LogP contribution >= 0.6 is 11.3 Å². The summed E-state index contributed by atoms with van der Waals surface area (Å²) < 4.78 is 0. The Morgan fingerprint density at radius 1 is 1.41 bits per heavy atom. The van der Waals surface area contributed by atoms with Gasteiger partial charge in [0.25, 0.3) is 5.91 Å². The number of nitrogens with one attached hydrogen (secondary N) is 1. The largest absolute Gasteiger partial charge is 0.370 e. The van der Waals surface area contributed by atoms with Crippen LogP contribution in [0.2, 0.25) is 0 Å². The van der Waals surface area contributed by atoms with E-state index in [-0.39, 0.29) is 11.8 Å². The molecule has 0 spiro atoms. The van der Waals surface area contributed by atoms with Crippen molar-refractivity contribution < 1.29 is 9.59 Å². The summed E-state index contributed by atoms with van der Waals surface area (Å²) in [6.07, 6.45) is 1.76. The van der Waals surface area contributed by atoms with Crippen LogP contribution < -0.4 is 16.8 Å². The maximum absolute atomic E-state index is 11.6. The second-order valence-electron chi connectivity index (χ2n) is 3.51. The molecular weight excluding hydrogens is 240 g/mol. The van der Waals surface area contributed by atoms with Crippen molar-refractivity contribution in [3.63, 3.8) is 0 Å². The molecule has 2 amide bonds. The molecule has 94 valence electrons. The lowest BCUT2D eigenvalue weighted by molar-refractivity contribution is -0.118. The average molecular weight is 256 g/mol. The van der Waals surface area contributed by atoms with Gasteiger partial charge in [0.2, 0.25) is 5.91 Å². The Kier molecular flexibility index (Phi) is 5.58. The number of amides is 2. The molecule has 0 saturated heterocycles. The maximum atomic E-state index is 11.6. The van der Waals surface area contributed by atoms with Gasteiger partial charge in [-0.25, -0.2) is 4.98 Å². The molecule has 1 heterocycles. The summed E-state index contributed by atoms with van der Waals surface area (Å²) in [5.41, 5.74) is 10.8. The molecule has 0 bridgehead atoms. The first-order valence-corrected chi connectivity index (χ1v) is 6.22. The van der Waals surface area contributed by atoms with E-state index in [1.165, 1.54) is 11.3 Å². The first-order valence-electron chi connectivity index (χ1n) is 5.34. The molecule has 1 aromatic heterocycles. The molecule has 0 aliphatic heterocycles. The van der Waals surface area contributed by atoms with Gasteiger partial charge in [0.15, 0.2) is 0 Å². The fraction of sp³-hybridized carbons (Fsp3) is 0.500. The third-order valence-electron chi connectivity index (χ3n) is 2.09. The van der Waals surface area contributed by atoms with Gasteiger partial charge in [0.1, 0.15) is 10.7 Å². The highest BCUT2D eigenvalue weighted by molar-refractivity contribution is 7.09. The minimum atomic E-state index is -0.316. The molecule has 6 nitrogen and oxygen atoms in total. The lowest BCUT2D eigenvalue weighted by Gasteiger charge is -2.01. The van der Waals surface area contributed by atoms with Crippen LogP contribution in [0.15, 0.2) is 5.38 Å². The number of hydrogen-bond donors (Lipinski definition) is 3. The predicted molar refractivity (Wildman–Crippen MR) is 65.4 cm³/mol. The van der Waals surface area contributed by atoms with Gasteiger partial charge in [-0.3, -0.25) is 9.59 Å². The van der Waals surface area contributed by atoms with E-state index < -0.39 is 0 Å². The van der Waals surface area contributed by atoms with E-state index in [0.717, 1.165) is 11.4 Å². The summed E-state index contributed by atoms with van der Waals surface area (Å²) in [6.45, 7) is 0.859. The fourth-order valence-corrected chi connectivity index (χ4v) is 1.88. The highest BCUT2D eigenvalue weighted by atomic mass is 32.1. The van der Waals surface area contributed by atoms with Crippen LogP contribution in [-0.2, 0) is 11.3 Å². The van der Waals surface area contributed by atoms with Crippen LogP contribution in [0.25, 0.3) is 0 Å². The number of aromatic nitrogens is 1. The zero-order valence-electron chi connectivity index (χ0n) is 9.44. The highest BCUT2D eigenvalue weighted by Crippen LogP contribution is 2.08.